The van der Waals surface area contributed by atoms with Crippen LogP contribution in [0.1, 0.15) is 17.9 Å². The minimum atomic E-state index is -2.93. The van der Waals surface area contributed by atoms with Crippen molar-refractivity contribution in [3.05, 3.63) is 54.5 Å². The highest BCUT2D eigenvalue weighted by Crippen LogP contribution is 2.30. The summed E-state index contributed by atoms with van der Waals surface area (Å²) in [4.78, 5) is 32.3. The molecule has 8 nitrogen and oxygen atoms in total. The zero-order valence-corrected chi connectivity index (χ0v) is 17.8. The van der Waals surface area contributed by atoms with E-state index in [9.17, 15) is 18.4 Å². The van der Waals surface area contributed by atoms with Crippen molar-refractivity contribution in [3.63, 3.8) is 0 Å². The summed E-state index contributed by atoms with van der Waals surface area (Å²) in [7, 11) is 3.14. The molecule has 1 aromatic carbocycles. The summed E-state index contributed by atoms with van der Waals surface area (Å²) in [5.41, 5.74) is 9.23. The Hall–Kier alpha value is -3.40. The highest BCUT2D eigenvalue weighted by Gasteiger charge is 2.44. The molecule has 0 bridgehead atoms. The summed E-state index contributed by atoms with van der Waals surface area (Å²) in [6.45, 7) is -0.752. The average Bonchev–Trinajstić information content (AvgIpc) is 3.38. The molecule has 10 heteroatoms. The molecule has 0 saturated carbocycles. The van der Waals surface area contributed by atoms with Crippen LogP contribution in [0.4, 0.5) is 8.78 Å². The molecule has 0 spiro atoms. The average molecular weight is 442 g/mol. The fourth-order valence-corrected chi connectivity index (χ4v) is 3.93. The molecule has 0 unspecified atom stereocenters. The van der Waals surface area contributed by atoms with Crippen molar-refractivity contribution in [2.45, 2.75) is 24.3 Å². The first kappa shape index (κ1) is 21.8. The van der Waals surface area contributed by atoms with Gasteiger partial charge in [-0.1, -0.05) is 24.3 Å². The molecule has 2 aromatic heterocycles. The number of nitrogens with two attached hydrogens (primary N) is 1. The lowest BCUT2D eigenvalue weighted by Crippen LogP contribution is -2.50. The number of benzene rings is 1. The molecule has 0 aliphatic carbocycles. The van der Waals surface area contributed by atoms with Gasteiger partial charge >= 0.3 is 0 Å². The normalized spacial score (nSPS) is 17.3. The maximum atomic E-state index is 13.6. The molecule has 3 aromatic rings. The molecule has 2 N–H and O–H groups in total. The molecular formula is C22H24F2N6O2. The molecule has 0 radical (unpaired) electrons. The molecule has 3 heterocycles. The first-order chi connectivity index (χ1) is 15.2. The molecule has 2 atom stereocenters. The van der Waals surface area contributed by atoms with Crippen LogP contribution in [-0.2, 0) is 9.59 Å². The van der Waals surface area contributed by atoms with Crippen molar-refractivity contribution in [2.75, 3.05) is 27.2 Å². The van der Waals surface area contributed by atoms with Gasteiger partial charge in [-0.05, 0) is 23.3 Å². The van der Waals surface area contributed by atoms with Gasteiger partial charge in [-0.15, -0.1) is 0 Å². The Bertz CT molecular complexity index is 1140. The van der Waals surface area contributed by atoms with E-state index in [2.05, 4.69) is 10.1 Å². The van der Waals surface area contributed by atoms with E-state index in [1.165, 1.54) is 11.2 Å². The molecule has 4 rings (SSSR count). The van der Waals surface area contributed by atoms with Crippen LogP contribution in [0.25, 0.3) is 16.8 Å². The smallest absolute Gasteiger partial charge is 0.267 e. The highest BCUT2D eigenvalue weighted by atomic mass is 19.3. The number of carbonyl (C=O) groups is 2. The Balaban J connectivity index is 1.61. The highest BCUT2D eigenvalue weighted by molar-refractivity contribution is 5.93. The molecule has 1 aliphatic rings. The lowest BCUT2D eigenvalue weighted by Gasteiger charge is -2.28. The first-order valence-electron chi connectivity index (χ1n) is 10.2. The number of halogens is 2. The van der Waals surface area contributed by atoms with E-state index in [4.69, 9.17) is 5.73 Å². The number of hydrogen-bond acceptors (Lipinski definition) is 5. The second-order valence-electron chi connectivity index (χ2n) is 8.20. The van der Waals surface area contributed by atoms with E-state index in [1.807, 2.05) is 30.5 Å². The number of amides is 2. The van der Waals surface area contributed by atoms with Crippen LogP contribution >= 0.6 is 0 Å². The molecule has 1 aliphatic heterocycles. The number of likely N-dealkylation sites (N-methyl/N-ethyl adjacent to an activating group) is 1. The minimum Gasteiger partial charge on any atom is -0.348 e. The van der Waals surface area contributed by atoms with E-state index in [-0.39, 0.29) is 12.5 Å². The van der Waals surface area contributed by atoms with Crippen molar-refractivity contribution in [1.82, 2.24) is 24.4 Å². The van der Waals surface area contributed by atoms with Crippen LogP contribution in [0, 0.1) is 0 Å². The predicted octanol–water partition coefficient (Wildman–Crippen LogP) is 1.76. The van der Waals surface area contributed by atoms with Gasteiger partial charge in [-0.3, -0.25) is 9.59 Å². The standard InChI is InChI=1S/C22H24F2N6O2/c1-28(2)20(31)18(19(25)21(32)29-10-9-22(23,24)12-29)15-5-3-14(4-6-15)16-7-8-17-26-13-27-30(17)11-16/h3-8,11,13,18-19H,9-10,12,25H2,1-2H3/t18-,19-/m0/s1. The van der Waals surface area contributed by atoms with E-state index >= 15 is 0 Å². The van der Waals surface area contributed by atoms with Crippen molar-refractivity contribution in [3.8, 4) is 11.1 Å². The van der Waals surface area contributed by atoms with Gasteiger partial charge < -0.3 is 15.5 Å². The second kappa shape index (κ2) is 8.27. The monoisotopic (exact) mass is 442 g/mol. The fourth-order valence-electron chi connectivity index (χ4n) is 3.93. The number of nitrogens with zero attached hydrogens (tertiary/aromatic N) is 5. The van der Waals surface area contributed by atoms with Gasteiger partial charge in [0, 0.05) is 38.8 Å². The zero-order valence-electron chi connectivity index (χ0n) is 17.8. The molecule has 1 fully saturated rings. The lowest BCUT2D eigenvalue weighted by atomic mass is 9.88. The number of rotatable bonds is 5. The Kier molecular flexibility index (Phi) is 5.64. The maximum absolute atomic E-state index is 13.6. The Labute approximate surface area is 183 Å². The lowest BCUT2D eigenvalue weighted by molar-refractivity contribution is -0.139. The fraction of sp³-hybridized carbons (Fsp3) is 0.364. The van der Waals surface area contributed by atoms with Crippen molar-refractivity contribution in [1.29, 1.82) is 0 Å². The molecule has 168 valence electrons. The summed E-state index contributed by atoms with van der Waals surface area (Å²) in [5, 5.41) is 4.13. The van der Waals surface area contributed by atoms with Crippen molar-refractivity contribution < 1.29 is 18.4 Å². The molecule has 1 saturated heterocycles. The van der Waals surface area contributed by atoms with Crippen molar-refractivity contribution in [2.24, 2.45) is 5.73 Å². The van der Waals surface area contributed by atoms with E-state index in [1.54, 1.807) is 30.7 Å². The largest absolute Gasteiger partial charge is 0.348 e. The quantitative estimate of drug-likeness (QED) is 0.650. The third-order valence-corrected chi connectivity index (χ3v) is 5.71. The summed E-state index contributed by atoms with van der Waals surface area (Å²) in [6, 6.07) is 9.60. The van der Waals surface area contributed by atoms with Crippen LogP contribution in [-0.4, -0.2) is 75.4 Å². The van der Waals surface area contributed by atoms with Gasteiger partial charge in [0.05, 0.1) is 12.5 Å². The van der Waals surface area contributed by atoms with Gasteiger partial charge in [0.15, 0.2) is 5.65 Å². The van der Waals surface area contributed by atoms with Gasteiger partial charge in [0.1, 0.15) is 12.4 Å². The Morgan fingerprint density at radius 1 is 1.12 bits per heavy atom. The molecule has 32 heavy (non-hydrogen) atoms. The van der Waals surface area contributed by atoms with E-state index in [0.29, 0.717) is 5.56 Å². The first-order valence-corrected chi connectivity index (χ1v) is 10.2. The minimum absolute atomic E-state index is 0.0773. The number of fused-ring (bicyclic) bond motifs is 1. The Morgan fingerprint density at radius 3 is 2.44 bits per heavy atom. The summed E-state index contributed by atoms with van der Waals surface area (Å²) < 4.78 is 28.8. The number of hydrogen-bond donors (Lipinski definition) is 1. The van der Waals surface area contributed by atoms with Crippen LogP contribution < -0.4 is 5.73 Å². The number of aromatic nitrogens is 3. The summed E-state index contributed by atoms with van der Waals surface area (Å²) >= 11 is 0. The molecule has 2 amide bonds. The van der Waals surface area contributed by atoms with Crippen LogP contribution in [0.2, 0.25) is 0 Å². The zero-order chi connectivity index (χ0) is 23.0. The van der Waals surface area contributed by atoms with Gasteiger partial charge in [-0.2, -0.15) is 5.10 Å². The molecular weight excluding hydrogens is 418 g/mol. The number of alkyl halides is 2. The number of pyridine rings is 1. The van der Waals surface area contributed by atoms with Gasteiger partial charge in [0.25, 0.3) is 5.92 Å². The van der Waals surface area contributed by atoms with Gasteiger partial charge in [0.2, 0.25) is 11.8 Å². The maximum Gasteiger partial charge on any atom is 0.267 e. The Morgan fingerprint density at radius 2 is 1.81 bits per heavy atom. The topological polar surface area (TPSA) is 96.8 Å². The van der Waals surface area contributed by atoms with Gasteiger partial charge in [-0.25, -0.2) is 18.3 Å². The predicted molar refractivity (Wildman–Crippen MR) is 114 cm³/mol. The summed E-state index contributed by atoms with van der Waals surface area (Å²) in [6.07, 6.45) is 2.90. The SMILES string of the molecule is CN(C)C(=O)[C@@H](c1ccc(-c2ccc3ncnn3c2)cc1)[C@H](N)C(=O)N1CCC(F)(F)C1. The van der Waals surface area contributed by atoms with E-state index < -0.39 is 36.8 Å². The third-order valence-electron chi connectivity index (χ3n) is 5.71. The van der Waals surface area contributed by atoms with E-state index in [0.717, 1.165) is 21.7 Å². The third kappa shape index (κ3) is 4.18. The van der Waals surface area contributed by atoms with Crippen LogP contribution in [0.5, 0.6) is 0 Å². The second-order valence-corrected chi connectivity index (χ2v) is 8.20. The van der Waals surface area contributed by atoms with Crippen LogP contribution in [0.3, 0.4) is 0 Å². The number of carbonyl (C=O) groups excluding carboxylic acids is 2. The number of likely N-dealkylation sites (tertiary alicyclic amines) is 1. The van der Waals surface area contributed by atoms with Crippen molar-refractivity contribution >= 4 is 17.5 Å². The van der Waals surface area contributed by atoms with Crippen LogP contribution in [0.15, 0.2) is 48.9 Å². The summed E-state index contributed by atoms with van der Waals surface area (Å²) in [5.74, 6) is -4.93.